The lowest BCUT2D eigenvalue weighted by Crippen LogP contribution is -2.28. The topological polar surface area (TPSA) is 30.5 Å². The molecule has 0 radical (unpaired) electrons. The van der Waals surface area contributed by atoms with Crippen molar-refractivity contribution in [2.45, 2.75) is 12.5 Å². The number of nitrogens with one attached hydrogen (secondary N) is 1. The van der Waals surface area contributed by atoms with Crippen LogP contribution in [-0.2, 0) is 9.47 Å². The van der Waals surface area contributed by atoms with Crippen LogP contribution in [0.2, 0.25) is 0 Å². The Hall–Kier alpha value is -0.490. The highest BCUT2D eigenvalue weighted by Gasteiger charge is 2.31. The first kappa shape index (κ1) is 14.9. The summed E-state index contributed by atoms with van der Waals surface area (Å²) in [7, 11) is 1.68. The maximum atomic E-state index is 13.9. The number of benzene rings is 1. The van der Waals surface area contributed by atoms with Crippen molar-refractivity contribution in [1.82, 2.24) is 5.32 Å². The zero-order chi connectivity index (χ0) is 13.7. The van der Waals surface area contributed by atoms with E-state index in [0.717, 1.165) is 24.0 Å². The maximum absolute atomic E-state index is 13.9. The van der Waals surface area contributed by atoms with Crippen molar-refractivity contribution in [3.05, 3.63) is 34.1 Å². The Kier molecular flexibility index (Phi) is 5.76. The molecule has 3 nitrogen and oxygen atoms in total. The average Bonchev–Trinajstić information content (AvgIpc) is 2.86. The average molecular weight is 332 g/mol. The third-order valence-electron chi connectivity index (χ3n) is 3.37. The van der Waals surface area contributed by atoms with Crippen LogP contribution in [0.3, 0.4) is 0 Å². The highest BCUT2D eigenvalue weighted by Crippen LogP contribution is 2.36. The number of hydrogen-bond acceptors (Lipinski definition) is 3. The van der Waals surface area contributed by atoms with Gasteiger partial charge in [-0.15, -0.1) is 0 Å². The molecule has 2 atom stereocenters. The lowest BCUT2D eigenvalue weighted by atomic mass is 9.95. The van der Waals surface area contributed by atoms with Gasteiger partial charge in [-0.25, -0.2) is 4.39 Å². The van der Waals surface area contributed by atoms with Crippen molar-refractivity contribution in [2.24, 2.45) is 5.92 Å². The predicted molar refractivity (Wildman–Crippen MR) is 75.6 cm³/mol. The third kappa shape index (κ3) is 3.99. The van der Waals surface area contributed by atoms with Gasteiger partial charge in [0.1, 0.15) is 5.82 Å². The van der Waals surface area contributed by atoms with E-state index in [1.54, 1.807) is 13.2 Å². The quantitative estimate of drug-likeness (QED) is 0.813. The summed E-state index contributed by atoms with van der Waals surface area (Å²) in [6.45, 7) is 3.00. The Morgan fingerprint density at radius 3 is 3.16 bits per heavy atom. The van der Waals surface area contributed by atoms with E-state index in [1.165, 1.54) is 6.07 Å². The van der Waals surface area contributed by atoms with Gasteiger partial charge in [0.15, 0.2) is 0 Å². The van der Waals surface area contributed by atoms with Gasteiger partial charge in [-0.1, -0.05) is 15.9 Å². The minimum absolute atomic E-state index is 0.160. The highest BCUT2D eigenvalue weighted by molar-refractivity contribution is 9.10. The number of methoxy groups -OCH3 is 1. The number of hydrogen-bond donors (Lipinski definition) is 1. The van der Waals surface area contributed by atoms with Crippen LogP contribution >= 0.6 is 15.9 Å². The summed E-state index contributed by atoms with van der Waals surface area (Å²) in [5, 5.41) is 3.32. The van der Waals surface area contributed by atoms with Crippen LogP contribution in [0.15, 0.2) is 22.7 Å². The zero-order valence-electron chi connectivity index (χ0n) is 11.0. The Morgan fingerprint density at radius 1 is 1.53 bits per heavy atom. The normalized spacial score (nSPS) is 22.9. The molecule has 19 heavy (non-hydrogen) atoms. The zero-order valence-corrected chi connectivity index (χ0v) is 12.6. The molecule has 1 aromatic carbocycles. The fourth-order valence-electron chi connectivity index (χ4n) is 2.38. The van der Waals surface area contributed by atoms with E-state index in [9.17, 15) is 4.39 Å². The molecule has 0 aromatic heterocycles. The van der Waals surface area contributed by atoms with Gasteiger partial charge in [-0.2, -0.15) is 0 Å². The molecule has 1 N–H and O–H groups in total. The van der Waals surface area contributed by atoms with E-state index in [4.69, 9.17) is 9.47 Å². The Balaban J connectivity index is 1.99. The van der Waals surface area contributed by atoms with E-state index in [2.05, 4.69) is 21.2 Å². The molecule has 0 amide bonds. The van der Waals surface area contributed by atoms with Crippen LogP contribution in [-0.4, -0.2) is 33.4 Å². The molecule has 1 aliphatic rings. The molecule has 1 aliphatic heterocycles. The predicted octanol–water partition coefficient (Wildman–Crippen LogP) is 2.90. The van der Waals surface area contributed by atoms with Crippen LogP contribution in [0, 0.1) is 11.7 Å². The van der Waals surface area contributed by atoms with Gasteiger partial charge in [0.05, 0.1) is 12.7 Å². The van der Waals surface area contributed by atoms with Gasteiger partial charge in [0.2, 0.25) is 0 Å². The molecular weight excluding hydrogens is 313 g/mol. The Labute approximate surface area is 121 Å². The summed E-state index contributed by atoms with van der Waals surface area (Å²) in [5.74, 6) is 0.109. The molecule has 106 valence electrons. The van der Waals surface area contributed by atoms with Gasteiger partial charge in [-0.3, -0.25) is 0 Å². The molecule has 1 aromatic rings. The molecule has 0 spiro atoms. The van der Waals surface area contributed by atoms with Gasteiger partial charge in [0.25, 0.3) is 0 Å². The first-order valence-corrected chi connectivity index (χ1v) is 7.28. The van der Waals surface area contributed by atoms with Gasteiger partial charge < -0.3 is 14.8 Å². The van der Waals surface area contributed by atoms with E-state index in [0.29, 0.717) is 24.7 Å². The molecule has 1 fully saturated rings. The van der Waals surface area contributed by atoms with Gasteiger partial charge >= 0.3 is 0 Å². The summed E-state index contributed by atoms with van der Waals surface area (Å²) in [4.78, 5) is 0. The smallest absolute Gasteiger partial charge is 0.129 e. The molecule has 0 aliphatic carbocycles. The van der Waals surface area contributed by atoms with Crippen molar-refractivity contribution in [2.75, 3.05) is 33.4 Å². The first-order chi connectivity index (χ1) is 9.22. The van der Waals surface area contributed by atoms with Gasteiger partial charge in [0, 0.05) is 42.8 Å². The lowest BCUT2D eigenvalue weighted by molar-refractivity contribution is 0.0868. The van der Waals surface area contributed by atoms with Crippen LogP contribution in [0.1, 0.15) is 18.1 Å². The SMILES string of the molecule is COCCNCC1CCOC1c1cc(Br)ccc1F. The van der Waals surface area contributed by atoms with Gasteiger partial charge in [-0.05, 0) is 24.6 Å². The van der Waals surface area contributed by atoms with E-state index in [-0.39, 0.29) is 11.9 Å². The summed E-state index contributed by atoms with van der Waals surface area (Å²) < 4.78 is 25.5. The fraction of sp³-hybridized carbons (Fsp3) is 0.571. The maximum Gasteiger partial charge on any atom is 0.129 e. The molecule has 1 saturated heterocycles. The molecule has 0 bridgehead atoms. The van der Waals surface area contributed by atoms with E-state index >= 15 is 0 Å². The van der Waals surface area contributed by atoms with Crippen LogP contribution in [0.25, 0.3) is 0 Å². The molecule has 1 heterocycles. The highest BCUT2D eigenvalue weighted by atomic mass is 79.9. The van der Waals surface area contributed by atoms with E-state index < -0.39 is 0 Å². The molecule has 2 rings (SSSR count). The largest absolute Gasteiger partial charge is 0.383 e. The first-order valence-electron chi connectivity index (χ1n) is 6.48. The van der Waals surface area contributed by atoms with E-state index in [1.807, 2.05) is 6.07 Å². The molecule has 5 heteroatoms. The fourth-order valence-corrected chi connectivity index (χ4v) is 2.76. The van der Waals surface area contributed by atoms with Crippen LogP contribution in [0.4, 0.5) is 4.39 Å². The molecule has 2 unspecified atom stereocenters. The van der Waals surface area contributed by atoms with Crippen molar-refractivity contribution in [3.63, 3.8) is 0 Å². The second kappa shape index (κ2) is 7.33. The van der Waals surface area contributed by atoms with Crippen LogP contribution < -0.4 is 5.32 Å². The lowest BCUT2D eigenvalue weighted by Gasteiger charge is -2.20. The summed E-state index contributed by atoms with van der Waals surface area (Å²) in [6.07, 6.45) is 0.795. The summed E-state index contributed by atoms with van der Waals surface area (Å²) >= 11 is 3.38. The monoisotopic (exact) mass is 331 g/mol. The summed E-state index contributed by atoms with van der Waals surface area (Å²) in [6, 6.07) is 5.00. The minimum atomic E-state index is -0.197. The molecule has 0 saturated carbocycles. The van der Waals surface area contributed by atoms with Crippen molar-refractivity contribution >= 4 is 15.9 Å². The van der Waals surface area contributed by atoms with Crippen molar-refractivity contribution in [3.8, 4) is 0 Å². The Morgan fingerprint density at radius 2 is 2.37 bits per heavy atom. The second-order valence-electron chi connectivity index (χ2n) is 4.70. The summed E-state index contributed by atoms with van der Waals surface area (Å²) in [5.41, 5.74) is 0.644. The second-order valence-corrected chi connectivity index (χ2v) is 5.62. The van der Waals surface area contributed by atoms with Crippen molar-refractivity contribution < 1.29 is 13.9 Å². The van der Waals surface area contributed by atoms with Crippen molar-refractivity contribution in [1.29, 1.82) is 0 Å². The Bertz CT molecular complexity index is 416. The number of rotatable bonds is 6. The standard InChI is InChI=1S/C14H19BrFNO2/c1-18-7-5-17-9-10-4-6-19-14(10)12-8-11(15)2-3-13(12)16/h2-3,8,10,14,17H,4-7,9H2,1H3. The number of ether oxygens (including phenoxy) is 2. The third-order valence-corrected chi connectivity index (χ3v) is 3.86. The molecular formula is C14H19BrFNO2. The minimum Gasteiger partial charge on any atom is -0.383 e. The van der Waals surface area contributed by atoms with Crippen LogP contribution in [0.5, 0.6) is 0 Å². The number of halogens is 2.